The third-order valence-corrected chi connectivity index (χ3v) is 2.10. The van der Waals surface area contributed by atoms with Gasteiger partial charge in [0.2, 0.25) is 5.71 Å². The number of nitrogens with two attached hydrogens (primary N) is 1. The van der Waals surface area contributed by atoms with Gasteiger partial charge in [0, 0.05) is 7.05 Å². The number of amidine groups is 1. The lowest BCUT2D eigenvalue weighted by molar-refractivity contribution is 0.0959. The van der Waals surface area contributed by atoms with Crippen LogP contribution in [0.3, 0.4) is 0 Å². The number of hydrogen-bond donors (Lipinski definition) is 4. The predicted molar refractivity (Wildman–Crippen MR) is 68.4 cm³/mol. The van der Waals surface area contributed by atoms with E-state index in [0.717, 1.165) is 6.07 Å². The van der Waals surface area contributed by atoms with Crippen molar-refractivity contribution in [1.29, 1.82) is 10.7 Å². The van der Waals surface area contributed by atoms with Crippen LogP contribution in [-0.4, -0.2) is 24.5 Å². The molecule has 19 heavy (non-hydrogen) atoms. The van der Waals surface area contributed by atoms with E-state index in [4.69, 9.17) is 16.4 Å². The van der Waals surface area contributed by atoms with E-state index in [1.165, 1.54) is 19.2 Å². The van der Waals surface area contributed by atoms with Crippen LogP contribution < -0.4 is 16.5 Å². The quantitative estimate of drug-likeness (QED) is 0.356. The molecule has 5 N–H and O–H groups in total. The Morgan fingerprint density at radius 3 is 2.79 bits per heavy atom. The molecule has 0 bridgehead atoms. The zero-order valence-corrected chi connectivity index (χ0v) is 9.99. The van der Waals surface area contributed by atoms with Crippen LogP contribution >= 0.6 is 0 Å². The molecule has 1 aromatic carbocycles. The van der Waals surface area contributed by atoms with Gasteiger partial charge in [-0.15, -0.1) is 0 Å². The van der Waals surface area contributed by atoms with Crippen molar-refractivity contribution >= 4 is 23.1 Å². The molecule has 0 atom stereocenters. The molecule has 0 saturated carbocycles. The first kappa shape index (κ1) is 14.1. The number of carbonyl (C=O) groups excluding carboxylic acids is 1. The second-order valence-corrected chi connectivity index (χ2v) is 3.37. The fourth-order valence-electron chi connectivity index (χ4n) is 1.17. The first-order chi connectivity index (χ1) is 8.99. The Labute approximate surface area is 108 Å². The zero-order chi connectivity index (χ0) is 14.4. The minimum atomic E-state index is -0.680. The minimum Gasteiger partial charge on any atom is -0.382 e. The van der Waals surface area contributed by atoms with Gasteiger partial charge in [-0.25, -0.2) is 4.39 Å². The topological polar surface area (TPSA) is 127 Å². The van der Waals surface area contributed by atoms with Gasteiger partial charge in [0.05, 0.1) is 11.3 Å². The van der Waals surface area contributed by atoms with Gasteiger partial charge in [0.1, 0.15) is 11.9 Å². The number of nitriles is 1. The third-order valence-electron chi connectivity index (χ3n) is 2.10. The predicted octanol–water partition coefficient (Wildman–Crippen LogP) is 0.413. The molecule has 8 heteroatoms. The van der Waals surface area contributed by atoms with Crippen LogP contribution in [0.25, 0.3) is 0 Å². The maximum absolute atomic E-state index is 13.4. The molecule has 0 aromatic heterocycles. The molecule has 98 valence electrons. The van der Waals surface area contributed by atoms with Crippen molar-refractivity contribution in [2.45, 2.75) is 0 Å². The molecule has 7 nitrogen and oxygen atoms in total. The summed E-state index contributed by atoms with van der Waals surface area (Å²) in [6, 6.07) is 5.26. The lowest BCUT2D eigenvalue weighted by atomic mass is 10.2. The van der Waals surface area contributed by atoms with Gasteiger partial charge in [0.15, 0.2) is 5.84 Å². The molecule has 0 aliphatic rings. The number of amides is 1. The summed E-state index contributed by atoms with van der Waals surface area (Å²) in [6.07, 6.45) is 0. The molecule has 1 aromatic rings. The van der Waals surface area contributed by atoms with Crippen LogP contribution in [0.1, 0.15) is 10.4 Å². The van der Waals surface area contributed by atoms with Crippen LogP contribution in [0.5, 0.6) is 0 Å². The highest BCUT2D eigenvalue weighted by Gasteiger charge is 2.10. The normalized spacial score (nSPS) is 10.5. The van der Waals surface area contributed by atoms with Gasteiger partial charge in [0.25, 0.3) is 5.91 Å². The number of nitrogens with one attached hydrogen (secondary N) is 3. The van der Waals surface area contributed by atoms with Gasteiger partial charge < -0.3 is 11.1 Å². The summed E-state index contributed by atoms with van der Waals surface area (Å²) in [5.74, 6) is -1.76. The van der Waals surface area contributed by atoms with E-state index in [0.29, 0.717) is 0 Å². The fraction of sp³-hybridized carbons (Fsp3) is 0.0909. The molecule has 0 heterocycles. The monoisotopic (exact) mass is 262 g/mol. The number of halogens is 1. The zero-order valence-electron chi connectivity index (χ0n) is 9.99. The molecule has 0 unspecified atom stereocenters. The van der Waals surface area contributed by atoms with Crippen LogP contribution in [0, 0.1) is 22.6 Å². The van der Waals surface area contributed by atoms with Crippen LogP contribution in [-0.2, 0) is 0 Å². The highest BCUT2D eigenvalue weighted by molar-refractivity contribution is 6.45. The van der Waals surface area contributed by atoms with Crippen molar-refractivity contribution in [2.24, 2.45) is 10.8 Å². The molecule has 0 radical (unpaired) electrons. The summed E-state index contributed by atoms with van der Waals surface area (Å²) in [5.41, 5.74) is 7.33. The van der Waals surface area contributed by atoms with E-state index in [1.807, 2.05) is 0 Å². The Balaban J connectivity index is 3.02. The molecule has 1 amide bonds. The highest BCUT2D eigenvalue weighted by Crippen LogP contribution is 2.14. The second-order valence-electron chi connectivity index (χ2n) is 3.37. The SMILES string of the molecule is CNC(=O)c1cc(N/N=C(\C#N)C(=N)N)ccc1F. The van der Waals surface area contributed by atoms with E-state index in [1.54, 1.807) is 6.07 Å². The first-order valence-corrected chi connectivity index (χ1v) is 5.09. The lowest BCUT2D eigenvalue weighted by Gasteiger charge is -2.05. The summed E-state index contributed by atoms with van der Waals surface area (Å²) in [7, 11) is 1.38. The number of rotatable bonds is 4. The van der Waals surface area contributed by atoms with Gasteiger partial charge in [-0.2, -0.15) is 10.4 Å². The summed E-state index contributed by atoms with van der Waals surface area (Å²) >= 11 is 0. The molecule has 0 fully saturated rings. The van der Waals surface area contributed by atoms with Crippen molar-refractivity contribution in [2.75, 3.05) is 12.5 Å². The summed E-state index contributed by atoms with van der Waals surface area (Å²) in [6.45, 7) is 0. The molecule has 0 aliphatic heterocycles. The van der Waals surface area contributed by atoms with Crippen molar-refractivity contribution in [3.8, 4) is 6.07 Å². The average molecular weight is 262 g/mol. The summed E-state index contributed by atoms with van der Waals surface area (Å²) in [5, 5.41) is 21.6. The largest absolute Gasteiger partial charge is 0.382 e. The first-order valence-electron chi connectivity index (χ1n) is 5.09. The molecular formula is C11H11FN6O. The van der Waals surface area contributed by atoms with Crippen molar-refractivity contribution in [3.63, 3.8) is 0 Å². The van der Waals surface area contributed by atoms with Crippen molar-refractivity contribution in [3.05, 3.63) is 29.6 Å². The smallest absolute Gasteiger partial charge is 0.254 e. The number of hydrazone groups is 1. The number of carbonyl (C=O) groups is 1. The number of anilines is 1. The fourth-order valence-corrected chi connectivity index (χ4v) is 1.17. The number of nitrogens with zero attached hydrogens (tertiary/aromatic N) is 2. The summed E-state index contributed by atoms with van der Waals surface area (Å²) < 4.78 is 13.4. The Morgan fingerprint density at radius 2 is 2.26 bits per heavy atom. The Kier molecular flexibility index (Phi) is 4.54. The second kappa shape index (κ2) is 6.11. The third kappa shape index (κ3) is 3.50. The molecule has 0 spiro atoms. The van der Waals surface area contributed by atoms with Gasteiger partial charge in [-0.05, 0) is 18.2 Å². The molecule has 0 aliphatic carbocycles. The average Bonchev–Trinajstić information content (AvgIpc) is 2.40. The van der Waals surface area contributed by atoms with E-state index >= 15 is 0 Å². The van der Waals surface area contributed by atoms with E-state index < -0.39 is 17.6 Å². The van der Waals surface area contributed by atoms with E-state index in [-0.39, 0.29) is 17.0 Å². The van der Waals surface area contributed by atoms with Gasteiger partial charge >= 0.3 is 0 Å². The van der Waals surface area contributed by atoms with Crippen LogP contribution in [0.15, 0.2) is 23.3 Å². The van der Waals surface area contributed by atoms with E-state index in [9.17, 15) is 9.18 Å². The standard InChI is InChI=1S/C11H11FN6O/c1-16-11(19)7-4-6(2-3-8(7)12)17-18-9(5-13)10(14)15/h2-4,17H,1H3,(H3,14,15)(H,16,19)/b18-9+. The Morgan fingerprint density at radius 1 is 1.58 bits per heavy atom. The Hall–Kier alpha value is -2.95. The van der Waals surface area contributed by atoms with Crippen molar-refractivity contribution < 1.29 is 9.18 Å². The van der Waals surface area contributed by atoms with E-state index in [2.05, 4.69) is 15.8 Å². The van der Waals surface area contributed by atoms with Gasteiger partial charge in [-0.1, -0.05) is 0 Å². The van der Waals surface area contributed by atoms with Crippen LogP contribution in [0.2, 0.25) is 0 Å². The van der Waals surface area contributed by atoms with Crippen molar-refractivity contribution in [1.82, 2.24) is 5.32 Å². The minimum absolute atomic E-state index is 0.163. The highest BCUT2D eigenvalue weighted by atomic mass is 19.1. The molecule has 0 saturated heterocycles. The summed E-state index contributed by atoms with van der Waals surface area (Å²) in [4.78, 5) is 11.4. The van der Waals surface area contributed by atoms with Crippen LogP contribution in [0.4, 0.5) is 10.1 Å². The molecule has 1 rings (SSSR count). The maximum atomic E-state index is 13.4. The number of hydrogen-bond acceptors (Lipinski definition) is 5. The lowest BCUT2D eigenvalue weighted by Crippen LogP contribution is -2.22. The van der Waals surface area contributed by atoms with Gasteiger partial charge in [-0.3, -0.25) is 15.6 Å². The maximum Gasteiger partial charge on any atom is 0.254 e. The Bertz CT molecular complexity index is 589. The number of benzene rings is 1. The molecular weight excluding hydrogens is 251 g/mol.